The van der Waals surface area contributed by atoms with Crippen LogP contribution in [0.25, 0.3) is 0 Å². The van der Waals surface area contributed by atoms with Crippen LogP contribution in [-0.4, -0.2) is 66.1 Å². The fourth-order valence-corrected chi connectivity index (χ4v) is 7.86. The molecule has 0 bridgehead atoms. The van der Waals surface area contributed by atoms with Crippen molar-refractivity contribution in [1.82, 2.24) is 14.8 Å². The second kappa shape index (κ2) is 10.3. The number of carbonyl (C=O) groups excluding carboxylic acids is 1. The highest BCUT2D eigenvalue weighted by Crippen LogP contribution is 2.42. The van der Waals surface area contributed by atoms with E-state index < -0.39 is 0 Å². The maximum atomic E-state index is 13.8. The number of ether oxygens (including phenoxy) is 1. The van der Waals surface area contributed by atoms with E-state index in [1.54, 1.807) is 7.11 Å². The van der Waals surface area contributed by atoms with Gasteiger partial charge in [-0.05, 0) is 90.5 Å². The van der Waals surface area contributed by atoms with Crippen LogP contribution in [0.15, 0.2) is 6.07 Å². The zero-order chi connectivity index (χ0) is 25.6. The van der Waals surface area contributed by atoms with Gasteiger partial charge in [0.25, 0.3) is 5.91 Å². The van der Waals surface area contributed by atoms with Gasteiger partial charge in [-0.25, -0.2) is 4.98 Å². The van der Waals surface area contributed by atoms with Crippen molar-refractivity contribution in [3.05, 3.63) is 38.9 Å². The van der Waals surface area contributed by atoms with Crippen molar-refractivity contribution in [2.45, 2.75) is 97.3 Å². The normalized spacial score (nSPS) is 22.2. The topological polar surface area (TPSA) is 48.9 Å². The molecule has 2 aliphatic carbocycles. The van der Waals surface area contributed by atoms with Gasteiger partial charge in [0.1, 0.15) is 0 Å². The zero-order valence-electron chi connectivity index (χ0n) is 22.9. The van der Waals surface area contributed by atoms with Gasteiger partial charge in [0.2, 0.25) is 5.88 Å². The Hall–Kier alpha value is -2.12. The van der Waals surface area contributed by atoms with Gasteiger partial charge >= 0.3 is 0 Å². The van der Waals surface area contributed by atoms with E-state index in [0.717, 1.165) is 54.0 Å². The third kappa shape index (κ3) is 4.76. The van der Waals surface area contributed by atoms with Crippen molar-refractivity contribution >= 4 is 22.2 Å². The van der Waals surface area contributed by atoms with Gasteiger partial charge in [0.05, 0.1) is 24.2 Å². The monoisotopic (exact) mass is 510 g/mol. The Kier molecular flexibility index (Phi) is 7.32. The van der Waals surface area contributed by atoms with Crippen LogP contribution in [0.4, 0.5) is 5.00 Å². The summed E-state index contributed by atoms with van der Waals surface area (Å²) in [6.45, 7) is 10.8. The molecule has 196 valence electrons. The first-order valence-corrected chi connectivity index (χ1v) is 14.5. The molecule has 3 aliphatic rings. The molecule has 0 aromatic carbocycles. The van der Waals surface area contributed by atoms with Crippen LogP contribution in [0.2, 0.25) is 0 Å². The van der Waals surface area contributed by atoms with Crippen LogP contribution >= 0.6 is 11.3 Å². The molecule has 5 rings (SSSR count). The number of aromatic nitrogens is 1. The zero-order valence-corrected chi connectivity index (χ0v) is 23.7. The van der Waals surface area contributed by atoms with E-state index >= 15 is 0 Å². The van der Waals surface area contributed by atoms with Crippen LogP contribution in [-0.2, 0) is 13.0 Å². The van der Waals surface area contributed by atoms with Crippen molar-refractivity contribution in [1.29, 1.82) is 0 Å². The summed E-state index contributed by atoms with van der Waals surface area (Å²) in [5.74, 6) is 0.790. The third-order valence-corrected chi connectivity index (χ3v) is 10.1. The summed E-state index contributed by atoms with van der Waals surface area (Å²) >= 11 is 1.87. The maximum absolute atomic E-state index is 13.8. The summed E-state index contributed by atoms with van der Waals surface area (Å²) in [6, 6.07) is 4.24. The van der Waals surface area contributed by atoms with Crippen molar-refractivity contribution in [2.75, 3.05) is 32.1 Å². The first-order valence-electron chi connectivity index (χ1n) is 13.7. The predicted molar refractivity (Wildman–Crippen MR) is 148 cm³/mol. The van der Waals surface area contributed by atoms with E-state index in [2.05, 4.69) is 48.7 Å². The highest BCUT2D eigenvalue weighted by molar-refractivity contribution is 7.16. The lowest BCUT2D eigenvalue weighted by Crippen LogP contribution is -2.43. The molecule has 6 nitrogen and oxygen atoms in total. The first kappa shape index (κ1) is 25.5. The molecule has 2 aromatic heterocycles. The summed E-state index contributed by atoms with van der Waals surface area (Å²) < 4.78 is 5.58. The quantitative estimate of drug-likeness (QED) is 0.469. The van der Waals surface area contributed by atoms with Crippen molar-refractivity contribution in [2.24, 2.45) is 0 Å². The van der Waals surface area contributed by atoms with Crippen LogP contribution in [0.1, 0.15) is 83.1 Å². The average Bonchev–Trinajstić information content (AvgIpc) is 3.66. The number of hydrogen-bond acceptors (Lipinski definition) is 6. The van der Waals surface area contributed by atoms with Gasteiger partial charge in [-0.1, -0.05) is 0 Å². The molecule has 0 atom stereocenters. The van der Waals surface area contributed by atoms with Crippen LogP contribution in [0, 0.1) is 20.8 Å². The molecule has 7 heteroatoms. The number of anilines is 1. The lowest BCUT2D eigenvalue weighted by Gasteiger charge is -2.40. The van der Waals surface area contributed by atoms with Crippen LogP contribution in [0.3, 0.4) is 0 Å². The molecular weight excluding hydrogens is 468 g/mol. The van der Waals surface area contributed by atoms with Crippen LogP contribution in [0.5, 0.6) is 5.88 Å². The van der Waals surface area contributed by atoms with Gasteiger partial charge < -0.3 is 19.4 Å². The van der Waals surface area contributed by atoms with E-state index in [4.69, 9.17) is 4.74 Å². The number of carbonyl (C=O) groups is 1. The standard InChI is InChI=1S/C29H42N4O2S/c1-7-33(23-12-10-22(11-13-23)31(5)21-8-9-21)29-20(4)26-25(36-29)14-15-32(28(26)34)17-24-18(2)16-19(3)30-27(24)35-6/h16,21-23H,7-15,17H2,1-6H3/t22-,23-. The number of rotatable bonds is 8. The van der Waals surface area contributed by atoms with Gasteiger partial charge in [-0.2, -0.15) is 0 Å². The number of amides is 1. The Bertz CT molecular complexity index is 1120. The predicted octanol–water partition coefficient (Wildman–Crippen LogP) is 5.51. The number of aryl methyl sites for hydroxylation is 2. The molecule has 2 fully saturated rings. The second-order valence-electron chi connectivity index (χ2n) is 11.0. The van der Waals surface area contributed by atoms with E-state index in [1.807, 2.05) is 23.2 Å². The number of methoxy groups -OCH3 is 1. The molecule has 3 heterocycles. The van der Waals surface area contributed by atoms with Gasteiger partial charge in [-0.15, -0.1) is 11.3 Å². The number of fused-ring (bicyclic) bond motifs is 1. The molecule has 0 N–H and O–H groups in total. The fourth-order valence-electron chi connectivity index (χ4n) is 6.44. The summed E-state index contributed by atoms with van der Waals surface area (Å²) in [5.41, 5.74) is 5.19. The van der Waals surface area contributed by atoms with Crippen LogP contribution < -0.4 is 9.64 Å². The summed E-state index contributed by atoms with van der Waals surface area (Å²) in [5, 5.41) is 1.32. The Morgan fingerprint density at radius 1 is 1.08 bits per heavy atom. The maximum Gasteiger partial charge on any atom is 0.255 e. The first-order chi connectivity index (χ1) is 17.3. The Balaban J connectivity index is 1.33. The fraction of sp³-hybridized carbons (Fsp3) is 0.655. The van der Waals surface area contributed by atoms with E-state index in [-0.39, 0.29) is 5.91 Å². The van der Waals surface area contributed by atoms with Gasteiger partial charge in [0, 0.05) is 53.8 Å². The van der Waals surface area contributed by atoms with Crippen molar-refractivity contribution in [3.8, 4) is 5.88 Å². The van der Waals surface area contributed by atoms with Crippen molar-refractivity contribution < 1.29 is 9.53 Å². The van der Waals surface area contributed by atoms with Gasteiger partial charge in [-0.3, -0.25) is 4.79 Å². The minimum atomic E-state index is 0.157. The molecule has 0 unspecified atom stereocenters. The number of hydrogen-bond donors (Lipinski definition) is 0. The average molecular weight is 511 g/mol. The molecule has 1 amide bonds. The molecule has 0 spiro atoms. The second-order valence-corrected chi connectivity index (χ2v) is 12.1. The Morgan fingerprint density at radius 3 is 2.33 bits per heavy atom. The third-order valence-electron chi connectivity index (χ3n) is 8.69. The SMILES string of the molecule is CCN(c1sc2c(c1C)C(=O)N(Cc1c(C)cc(C)nc1OC)CC2)[C@H]1CC[C@H](N(C)C2CC2)CC1. The molecule has 0 radical (unpaired) electrons. The van der Waals surface area contributed by atoms with Gasteiger partial charge in [0.15, 0.2) is 0 Å². The number of nitrogens with zero attached hydrogens (tertiary/aromatic N) is 4. The number of thiophene rings is 1. The lowest BCUT2D eigenvalue weighted by atomic mass is 9.89. The summed E-state index contributed by atoms with van der Waals surface area (Å²) in [6.07, 6.45) is 8.76. The minimum Gasteiger partial charge on any atom is -0.481 e. The molecule has 1 aliphatic heterocycles. The number of pyridine rings is 1. The highest BCUT2D eigenvalue weighted by Gasteiger charge is 2.36. The van der Waals surface area contributed by atoms with E-state index in [9.17, 15) is 4.79 Å². The smallest absolute Gasteiger partial charge is 0.255 e. The Morgan fingerprint density at radius 2 is 1.72 bits per heavy atom. The van der Waals surface area contributed by atoms with E-state index in [0.29, 0.717) is 18.5 Å². The summed E-state index contributed by atoms with van der Waals surface area (Å²) in [7, 11) is 3.99. The Labute approximate surface area is 220 Å². The molecule has 2 saturated carbocycles. The molecule has 36 heavy (non-hydrogen) atoms. The summed E-state index contributed by atoms with van der Waals surface area (Å²) in [4.78, 5) is 26.8. The van der Waals surface area contributed by atoms with Crippen molar-refractivity contribution in [3.63, 3.8) is 0 Å². The lowest BCUT2D eigenvalue weighted by molar-refractivity contribution is 0.0726. The molecule has 2 aromatic rings. The minimum absolute atomic E-state index is 0.157. The molecule has 0 saturated heterocycles. The van der Waals surface area contributed by atoms with E-state index in [1.165, 1.54) is 54.0 Å². The molecular formula is C29H42N4O2S. The highest BCUT2D eigenvalue weighted by atomic mass is 32.1. The largest absolute Gasteiger partial charge is 0.481 e.